The molecule has 1 fully saturated rings. The van der Waals surface area contributed by atoms with Gasteiger partial charge in [0.1, 0.15) is 0 Å². The number of nitrogens with one attached hydrogen (secondary N) is 2. The predicted molar refractivity (Wildman–Crippen MR) is 76.6 cm³/mol. The Morgan fingerprint density at radius 2 is 1.80 bits per heavy atom. The Bertz CT molecular complexity index is 405. The Kier molecular flexibility index (Phi) is 6.98. The zero-order valence-electron chi connectivity index (χ0n) is 12.1. The van der Waals surface area contributed by atoms with Gasteiger partial charge in [0.05, 0.1) is 12.1 Å². The molecule has 0 heterocycles. The number of carbonyl (C=O) groups excluding carboxylic acids is 2. The molecule has 2 N–H and O–H groups in total. The number of allylic oxidation sites excluding steroid dienone is 2. The van der Waals surface area contributed by atoms with E-state index in [1.54, 1.807) is 0 Å². The van der Waals surface area contributed by atoms with Gasteiger partial charge in [0.25, 0.3) is 5.91 Å². The summed E-state index contributed by atoms with van der Waals surface area (Å²) >= 11 is 0. The standard InChI is InChI=1S/C15H23FN2O2/c1-3-5-7-9-14(19)17-12-10-13(12)18-15(20)11(16)8-6-4-2/h7-9,12-13H,3-6,10H2,1-2H3,(H,17,19)(H,18,20)/b9-7-,11-8+/t12-,13+/m0/s1. The summed E-state index contributed by atoms with van der Waals surface area (Å²) in [6, 6.07) is -0.247. The molecular formula is C15H23FN2O2. The molecule has 2 amide bonds. The van der Waals surface area contributed by atoms with Gasteiger partial charge in [-0.2, -0.15) is 0 Å². The molecule has 5 heteroatoms. The van der Waals surface area contributed by atoms with Crippen LogP contribution < -0.4 is 10.6 Å². The maximum atomic E-state index is 13.3. The first-order valence-corrected chi connectivity index (χ1v) is 7.22. The number of rotatable bonds is 8. The van der Waals surface area contributed by atoms with Gasteiger partial charge in [0.2, 0.25) is 5.91 Å². The highest BCUT2D eigenvalue weighted by atomic mass is 19.1. The van der Waals surface area contributed by atoms with E-state index in [1.165, 1.54) is 12.2 Å². The minimum atomic E-state index is -0.744. The number of halogens is 1. The second-order valence-corrected chi connectivity index (χ2v) is 4.96. The molecule has 1 saturated carbocycles. The summed E-state index contributed by atoms with van der Waals surface area (Å²) in [6.07, 6.45) is 8.47. The third-order valence-corrected chi connectivity index (χ3v) is 2.99. The van der Waals surface area contributed by atoms with E-state index in [9.17, 15) is 14.0 Å². The Balaban J connectivity index is 2.26. The summed E-state index contributed by atoms with van der Waals surface area (Å²) in [4.78, 5) is 22.9. The van der Waals surface area contributed by atoms with Crippen molar-refractivity contribution >= 4 is 11.8 Å². The largest absolute Gasteiger partial charge is 0.348 e. The quantitative estimate of drug-likeness (QED) is 0.671. The van der Waals surface area contributed by atoms with Crippen molar-refractivity contribution in [1.82, 2.24) is 10.6 Å². The third kappa shape index (κ3) is 5.99. The minimum absolute atomic E-state index is 0.0864. The first kappa shape index (κ1) is 16.4. The number of hydrogen-bond acceptors (Lipinski definition) is 2. The fourth-order valence-electron chi connectivity index (χ4n) is 1.70. The Morgan fingerprint density at radius 3 is 2.45 bits per heavy atom. The summed E-state index contributed by atoms with van der Waals surface area (Å²) in [5.41, 5.74) is 0. The van der Waals surface area contributed by atoms with Gasteiger partial charge in [0, 0.05) is 0 Å². The highest BCUT2D eigenvalue weighted by molar-refractivity contribution is 5.92. The molecule has 0 aromatic carbocycles. The predicted octanol–water partition coefficient (Wildman–Crippen LogP) is 2.37. The lowest BCUT2D eigenvalue weighted by atomic mass is 10.3. The molecule has 1 rings (SSSR count). The summed E-state index contributed by atoms with van der Waals surface area (Å²) in [5, 5.41) is 5.33. The van der Waals surface area contributed by atoms with E-state index in [2.05, 4.69) is 10.6 Å². The van der Waals surface area contributed by atoms with E-state index in [-0.39, 0.29) is 18.0 Å². The zero-order valence-corrected chi connectivity index (χ0v) is 12.1. The molecule has 112 valence electrons. The van der Waals surface area contributed by atoms with Crippen molar-refractivity contribution in [2.45, 2.75) is 58.0 Å². The van der Waals surface area contributed by atoms with Crippen LogP contribution in [-0.4, -0.2) is 23.9 Å². The van der Waals surface area contributed by atoms with Crippen molar-refractivity contribution in [1.29, 1.82) is 0 Å². The minimum Gasteiger partial charge on any atom is -0.348 e. The average Bonchev–Trinajstić information content (AvgIpc) is 3.13. The van der Waals surface area contributed by atoms with E-state index < -0.39 is 11.7 Å². The first-order chi connectivity index (χ1) is 9.58. The number of hydrogen-bond donors (Lipinski definition) is 2. The molecule has 0 unspecified atom stereocenters. The Labute approximate surface area is 119 Å². The van der Waals surface area contributed by atoms with Gasteiger partial charge >= 0.3 is 0 Å². The summed E-state index contributed by atoms with van der Waals surface area (Å²) in [5.74, 6) is -1.60. The smallest absolute Gasteiger partial charge is 0.279 e. The molecule has 1 aliphatic rings. The lowest BCUT2D eigenvalue weighted by Crippen LogP contribution is -2.34. The average molecular weight is 282 g/mol. The van der Waals surface area contributed by atoms with Crippen LogP contribution in [0.15, 0.2) is 24.1 Å². The van der Waals surface area contributed by atoms with Crippen LogP contribution in [0, 0.1) is 0 Å². The molecule has 0 bridgehead atoms. The summed E-state index contributed by atoms with van der Waals surface area (Å²) in [7, 11) is 0. The molecule has 0 spiro atoms. The van der Waals surface area contributed by atoms with Gasteiger partial charge in [-0.3, -0.25) is 9.59 Å². The number of amides is 2. The van der Waals surface area contributed by atoms with Crippen LogP contribution in [0.5, 0.6) is 0 Å². The lowest BCUT2D eigenvalue weighted by Gasteiger charge is -2.03. The molecule has 0 radical (unpaired) electrons. The summed E-state index contributed by atoms with van der Waals surface area (Å²) < 4.78 is 13.3. The second-order valence-electron chi connectivity index (χ2n) is 4.96. The third-order valence-electron chi connectivity index (χ3n) is 2.99. The fourth-order valence-corrected chi connectivity index (χ4v) is 1.70. The van der Waals surface area contributed by atoms with Gasteiger partial charge in [-0.15, -0.1) is 0 Å². The van der Waals surface area contributed by atoms with Crippen molar-refractivity contribution < 1.29 is 14.0 Å². The monoisotopic (exact) mass is 282 g/mol. The van der Waals surface area contributed by atoms with Crippen molar-refractivity contribution in [3.05, 3.63) is 24.1 Å². The molecular weight excluding hydrogens is 259 g/mol. The topological polar surface area (TPSA) is 58.2 Å². The molecule has 20 heavy (non-hydrogen) atoms. The Hall–Kier alpha value is -1.65. The highest BCUT2D eigenvalue weighted by Crippen LogP contribution is 2.21. The second kappa shape index (κ2) is 8.51. The molecule has 0 aliphatic heterocycles. The van der Waals surface area contributed by atoms with Gasteiger partial charge in [0.15, 0.2) is 5.83 Å². The van der Waals surface area contributed by atoms with Crippen LogP contribution in [0.3, 0.4) is 0 Å². The van der Waals surface area contributed by atoms with Crippen molar-refractivity contribution in [3.8, 4) is 0 Å². The number of unbranched alkanes of at least 4 members (excludes halogenated alkanes) is 2. The molecule has 0 aromatic heterocycles. The van der Waals surface area contributed by atoms with E-state index in [0.717, 1.165) is 19.3 Å². The van der Waals surface area contributed by atoms with E-state index in [0.29, 0.717) is 12.8 Å². The highest BCUT2D eigenvalue weighted by Gasteiger charge is 2.39. The van der Waals surface area contributed by atoms with Crippen LogP contribution in [0.4, 0.5) is 4.39 Å². The van der Waals surface area contributed by atoms with Gasteiger partial charge < -0.3 is 10.6 Å². The van der Waals surface area contributed by atoms with Crippen molar-refractivity contribution in [2.24, 2.45) is 0 Å². The zero-order chi connectivity index (χ0) is 15.0. The van der Waals surface area contributed by atoms with Crippen molar-refractivity contribution in [3.63, 3.8) is 0 Å². The van der Waals surface area contributed by atoms with Crippen LogP contribution in [-0.2, 0) is 9.59 Å². The molecule has 0 saturated heterocycles. The molecule has 0 aromatic rings. The van der Waals surface area contributed by atoms with Gasteiger partial charge in [-0.1, -0.05) is 32.8 Å². The molecule has 1 aliphatic carbocycles. The van der Waals surface area contributed by atoms with E-state index in [1.807, 2.05) is 19.9 Å². The van der Waals surface area contributed by atoms with Crippen LogP contribution in [0.1, 0.15) is 46.0 Å². The normalized spacial score (nSPS) is 21.9. The van der Waals surface area contributed by atoms with E-state index >= 15 is 0 Å². The van der Waals surface area contributed by atoms with Crippen LogP contribution in [0.25, 0.3) is 0 Å². The van der Waals surface area contributed by atoms with E-state index in [4.69, 9.17) is 0 Å². The van der Waals surface area contributed by atoms with Crippen LogP contribution >= 0.6 is 0 Å². The SMILES string of the molecule is CCC/C=C\C(=O)N[C@H]1C[C@H]1NC(=O)/C(F)=C\CCC. The fraction of sp³-hybridized carbons (Fsp3) is 0.600. The maximum absolute atomic E-state index is 13.3. The molecule has 2 atom stereocenters. The Morgan fingerprint density at radius 1 is 1.15 bits per heavy atom. The molecule has 4 nitrogen and oxygen atoms in total. The maximum Gasteiger partial charge on any atom is 0.279 e. The van der Waals surface area contributed by atoms with Crippen LogP contribution in [0.2, 0.25) is 0 Å². The van der Waals surface area contributed by atoms with Gasteiger partial charge in [-0.05, 0) is 31.4 Å². The first-order valence-electron chi connectivity index (χ1n) is 7.22. The van der Waals surface area contributed by atoms with Gasteiger partial charge in [-0.25, -0.2) is 4.39 Å². The van der Waals surface area contributed by atoms with Crippen molar-refractivity contribution in [2.75, 3.05) is 0 Å². The number of carbonyl (C=O) groups is 2. The summed E-state index contributed by atoms with van der Waals surface area (Å²) in [6.45, 7) is 3.95. The lowest BCUT2D eigenvalue weighted by molar-refractivity contribution is -0.119.